The van der Waals surface area contributed by atoms with E-state index in [1.807, 2.05) is 0 Å². The van der Waals surface area contributed by atoms with E-state index in [9.17, 15) is 9.59 Å². The standard InChI is InChI=1S/C9H12N2O4/c1-9(7(12)13)5-15-4-6(9)11-3-2-10-8(11)14/h2-3,6H,4-5H2,1H3,(H,10,14)(H,12,13). The molecule has 1 aromatic heterocycles. The summed E-state index contributed by atoms with van der Waals surface area (Å²) in [5, 5.41) is 9.13. The van der Waals surface area contributed by atoms with Crippen LogP contribution in [0.3, 0.4) is 0 Å². The summed E-state index contributed by atoms with van der Waals surface area (Å²) in [5.41, 5.74) is -1.34. The predicted molar refractivity (Wildman–Crippen MR) is 50.7 cm³/mol. The molecule has 0 radical (unpaired) electrons. The summed E-state index contributed by atoms with van der Waals surface area (Å²) in [6, 6.07) is -0.450. The Kier molecular flexibility index (Phi) is 2.15. The lowest BCUT2D eigenvalue weighted by atomic mass is 9.85. The van der Waals surface area contributed by atoms with Crippen molar-refractivity contribution in [3.8, 4) is 0 Å². The lowest BCUT2D eigenvalue weighted by molar-refractivity contribution is -0.149. The van der Waals surface area contributed by atoms with E-state index in [0.29, 0.717) is 0 Å². The van der Waals surface area contributed by atoms with E-state index in [2.05, 4.69) is 4.98 Å². The summed E-state index contributed by atoms with van der Waals surface area (Å²) >= 11 is 0. The van der Waals surface area contributed by atoms with Gasteiger partial charge in [-0.3, -0.25) is 9.36 Å². The average Bonchev–Trinajstić information content (AvgIpc) is 2.72. The van der Waals surface area contributed by atoms with Crippen LogP contribution in [0, 0.1) is 5.41 Å². The van der Waals surface area contributed by atoms with Crippen LogP contribution in [0.15, 0.2) is 17.2 Å². The van der Waals surface area contributed by atoms with Crippen LogP contribution < -0.4 is 5.69 Å². The van der Waals surface area contributed by atoms with Gasteiger partial charge in [-0.25, -0.2) is 4.79 Å². The minimum atomic E-state index is -1.04. The van der Waals surface area contributed by atoms with E-state index in [1.54, 1.807) is 13.1 Å². The molecule has 2 rings (SSSR count). The molecule has 15 heavy (non-hydrogen) atoms. The Bertz CT molecular complexity index is 435. The van der Waals surface area contributed by atoms with Crippen LogP contribution in [-0.4, -0.2) is 33.8 Å². The number of aromatic amines is 1. The SMILES string of the molecule is CC1(C(=O)O)COCC1n1cc[nH]c1=O. The number of ether oxygens (including phenoxy) is 1. The lowest BCUT2D eigenvalue weighted by Crippen LogP contribution is -2.39. The van der Waals surface area contributed by atoms with Crippen molar-refractivity contribution in [2.24, 2.45) is 5.41 Å². The number of nitrogens with one attached hydrogen (secondary N) is 1. The Hall–Kier alpha value is -1.56. The van der Waals surface area contributed by atoms with E-state index < -0.39 is 17.4 Å². The van der Waals surface area contributed by atoms with Gasteiger partial charge in [0.05, 0.1) is 19.3 Å². The number of rotatable bonds is 2. The van der Waals surface area contributed by atoms with E-state index in [-0.39, 0.29) is 18.9 Å². The van der Waals surface area contributed by atoms with Gasteiger partial charge >= 0.3 is 11.7 Å². The Balaban J connectivity index is 2.42. The number of imidazole rings is 1. The van der Waals surface area contributed by atoms with E-state index in [0.717, 1.165) is 0 Å². The van der Waals surface area contributed by atoms with Crippen LogP contribution >= 0.6 is 0 Å². The van der Waals surface area contributed by atoms with Gasteiger partial charge in [0.2, 0.25) is 0 Å². The maximum Gasteiger partial charge on any atom is 0.325 e. The topological polar surface area (TPSA) is 84.3 Å². The Morgan fingerprint density at radius 3 is 3.07 bits per heavy atom. The molecule has 6 heteroatoms. The summed E-state index contributed by atoms with van der Waals surface area (Å²) in [4.78, 5) is 25.0. The first-order chi connectivity index (χ1) is 7.05. The fourth-order valence-electron chi connectivity index (χ4n) is 1.83. The van der Waals surface area contributed by atoms with Crippen molar-refractivity contribution in [3.05, 3.63) is 22.9 Å². The Labute approximate surface area is 85.5 Å². The first-order valence-corrected chi connectivity index (χ1v) is 4.62. The molecule has 0 aromatic carbocycles. The number of hydrogen-bond donors (Lipinski definition) is 2. The van der Waals surface area contributed by atoms with Gasteiger partial charge in [-0.1, -0.05) is 0 Å². The number of hydrogen-bond acceptors (Lipinski definition) is 3. The monoisotopic (exact) mass is 212 g/mol. The van der Waals surface area contributed by atoms with Crippen molar-refractivity contribution in [3.63, 3.8) is 0 Å². The number of carboxylic acids is 1. The minimum absolute atomic E-state index is 0.130. The quantitative estimate of drug-likeness (QED) is 0.713. The molecule has 2 atom stereocenters. The Morgan fingerprint density at radius 2 is 2.53 bits per heavy atom. The molecule has 82 valence electrons. The molecule has 2 unspecified atom stereocenters. The first kappa shape index (κ1) is 9.97. The van der Waals surface area contributed by atoms with Crippen molar-refractivity contribution in [2.75, 3.05) is 13.2 Å². The summed E-state index contributed by atoms with van der Waals surface area (Å²) in [5.74, 6) is -0.946. The molecule has 0 bridgehead atoms. The third-order valence-corrected chi connectivity index (χ3v) is 2.91. The van der Waals surface area contributed by atoms with Crippen LogP contribution in [0.25, 0.3) is 0 Å². The molecule has 6 nitrogen and oxygen atoms in total. The van der Waals surface area contributed by atoms with Crippen molar-refractivity contribution in [1.82, 2.24) is 9.55 Å². The van der Waals surface area contributed by atoms with Crippen LogP contribution in [0.2, 0.25) is 0 Å². The van der Waals surface area contributed by atoms with E-state index in [1.165, 1.54) is 10.8 Å². The predicted octanol–water partition coefficient (Wildman–Crippen LogP) is -0.161. The zero-order chi connectivity index (χ0) is 11.1. The molecule has 1 aromatic rings. The van der Waals surface area contributed by atoms with Gasteiger partial charge in [0, 0.05) is 12.4 Å². The zero-order valence-electron chi connectivity index (χ0n) is 8.27. The summed E-state index contributed by atoms with van der Waals surface area (Å²) in [6.45, 7) is 1.97. The molecule has 0 saturated carbocycles. The van der Waals surface area contributed by atoms with Gasteiger partial charge in [0.25, 0.3) is 0 Å². The van der Waals surface area contributed by atoms with Gasteiger partial charge in [0.1, 0.15) is 5.41 Å². The molecule has 0 amide bonds. The van der Waals surface area contributed by atoms with Gasteiger partial charge in [-0.05, 0) is 6.92 Å². The van der Waals surface area contributed by atoms with Crippen molar-refractivity contribution >= 4 is 5.97 Å². The highest BCUT2D eigenvalue weighted by molar-refractivity contribution is 5.75. The maximum absolute atomic E-state index is 11.4. The molecule has 1 aliphatic rings. The number of aromatic nitrogens is 2. The van der Waals surface area contributed by atoms with Crippen LogP contribution in [0.4, 0.5) is 0 Å². The van der Waals surface area contributed by atoms with Crippen molar-refractivity contribution in [2.45, 2.75) is 13.0 Å². The molecule has 1 saturated heterocycles. The fourth-order valence-corrected chi connectivity index (χ4v) is 1.83. The number of nitrogens with zero attached hydrogens (tertiary/aromatic N) is 1. The largest absolute Gasteiger partial charge is 0.481 e. The fraction of sp³-hybridized carbons (Fsp3) is 0.556. The lowest BCUT2D eigenvalue weighted by Gasteiger charge is -2.24. The molecule has 0 spiro atoms. The number of H-pyrrole nitrogens is 1. The van der Waals surface area contributed by atoms with Crippen LogP contribution in [-0.2, 0) is 9.53 Å². The summed E-state index contributed by atoms with van der Waals surface area (Å²) < 4.78 is 6.53. The smallest absolute Gasteiger partial charge is 0.325 e. The van der Waals surface area contributed by atoms with Crippen LogP contribution in [0.1, 0.15) is 13.0 Å². The second-order valence-corrected chi connectivity index (χ2v) is 3.93. The number of carboxylic acid groups (broad SMARTS) is 1. The minimum Gasteiger partial charge on any atom is -0.481 e. The highest BCUT2D eigenvalue weighted by atomic mass is 16.5. The molecule has 0 aliphatic carbocycles. The number of aliphatic carboxylic acids is 1. The summed E-state index contributed by atoms with van der Waals surface area (Å²) in [6.07, 6.45) is 3.03. The van der Waals surface area contributed by atoms with Gasteiger partial charge in [0.15, 0.2) is 0 Å². The first-order valence-electron chi connectivity index (χ1n) is 4.62. The number of carbonyl (C=O) groups is 1. The normalized spacial score (nSPS) is 30.6. The van der Waals surface area contributed by atoms with E-state index >= 15 is 0 Å². The van der Waals surface area contributed by atoms with Gasteiger partial charge in [-0.15, -0.1) is 0 Å². The van der Waals surface area contributed by atoms with E-state index in [4.69, 9.17) is 9.84 Å². The molecular weight excluding hydrogens is 200 g/mol. The maximum atomic E-state index is 11.4. The second-order valence-electron chi connectivity index (χ2n) is 3.93. The third-order valence-electron chi connectivity index (χ3n) is 2.91. The highest BCUT2D eigenvalue weighted by Gasteiger charge is 2.48. The molecule has 2 heterocycles. The molecular formula is C9H12N2O4. The second kappa shape index (κ2) is 3.23. The third kappa shape index (κ3) is 1.37. The summed E-state index contributed by atoms with van der Waals surface area (Å²) in [7, 11) is 0. The molecule has 2 N–H and O–H groups in total. The van der Waals surface area contributed by atoms with Crippen molar-refractivity contribution < 1.29 is 14.6 Å². The van der Waals surface area contributed by atoms with Crippen LogP contribution in [0.5, 0.6) is 0 Å². The van der Waals surface area contributed by atoms with Gasteiger partial charge < -0.3 is 14.8 Å². The molecule has 1 aliphatic heterocycles. The molecule has 1 fully saturated rings. The van der Waals surface area contributed by atoms with Gasteiger partial charge in [-0.2, -0.15) is 0 Å². The average molecular weight is 212 g/mol. The van der Waals surface area contributed by atoms with Crippen molar-refractivity contribution in [1.29, 1.82) is 0 Å². The zero-order valence-corrected chi connectivity index (χ0v) is 8.27. The highest BCUT2D eigenvalue weighted by Crippen LogP contribution is 2.37. The Morgan fingerprint density at radius 1 is 1.80 bits per heavy atom.